The molecule has 0 saturated heterocycles. The number of carbonyl (C=O) groups is 1. The van der Waals surface area contributed by atoms with Crippen LogP contribution in [0.2, 0.25) is 0 Å². The Hall–Kier alpha value is -3.47. The van der Waals surface area contributed by atoms with E-state index in [0.717, 1.165) is 16.4 Å². The van der Waals surface area contributed by atoms with Gasteiger partial charge in [0.05, 0.1) is 15.7 Å². The number of aromatic nitrogens is 3. The van der Waals surface area contributed by atoms with E-state index in [1.165, 1.54) is 30.3 Å². The first kappa shape index (κ1) is 19.3. The van der Waals surface area contributed by atoms with Crippen molar-refractivity contribution in [3.05, 3.63) is 64.5 Å². The lowest BCUT2D eigenvalue weighted by atomic mass is 10.2. The van der Waals surface area contributed by atoms with Crippen molar-refractivity contribution in [2.75, 3.05) is 11.2 Å². The van der Waals surface area contributed by atoms with Crippen LogP contribution in [0.4, 0.5) is 15.8 Å². The summed E-state index contributed by atoms with van der Waals surface area (Å²) in [6.45, 7) is 1.59. The summed E-state index contributed by atoms with van der Waals surface area (Å²) in [5, 5.41) is 20.9. The number of para-hydroxylation sites is 2. The van der Waals surface area contributed by atoms with Crippen molar-refractivity contribution in [3.63, 3.8) is 0 Å². The number of halogens is 1. The fourth-order valence-corrected chi connectivity index (χ4v) is 3.14. The van der Waals surface area contributed by atoms with Gasteiger partial charge in [0, 0.05) is 6.07 Å². The van der Waals surface area contributed by atoms with Crippen LogP contribution in [0.3, 0.4) is 0 Å². The number of rotatable bonds is 6. The van der Waals surface area contributed by atoms with Crippen LogP contribution in [0, 0.1) is 15.9 Å². The number of nitrogens with zero attached hydrogens (tertiary/aromatic N) is 4. The van der Waals surface area contributed by atoms with Gasteiger partial charge in [0.15, 0.2) is 5.82 Å². The highest BCUT2D eigenvalue weighted by Gasteiger charge is 2.23. The van der Waals surface area contributed by atoms with Crippen LogP contribution in [0.1, 0.15) is 6.92 Å². The molecule has 1 atom stereocenters. The number of nitrogens with two attached hydrogens (primary N) is 1. The molecule has 1 amide bonds. The second kappa shape index (κ2) is 8.05. The van der Waals surface area contributed by atoms with E-state index in [-0.39, 0.29) is 27.9 Å². The summed E-state index contributed by atoms with van der Waals surface area (Å²) in [6.07, 6.45) is 0. The normalized spacial score (nSPS) is 11.8. The van der Waals surface area contributed by atoms with Crippen LogP contribution in [-0.4, -0.2) is 31.0 Å². The molecule has 0 fully saturated rings. The summed E-state index contributed by atoms with van der Waals surface area (Å²) in [5.74, 6) is 5.09. The molecule has 0 aliphatic carbocycles. The van der Waals surface area contributed by atoms with Gasteiger partial charge in [-0.25, -0.2) is 9.07 Å². The van der Waals surface area contributed by atoms with E-state index in [0.29, 0.717) is 0 Å². The van der Waals surface area contributed by atoms with Gasteiger partial charge in [-0.05, 0) is 25.1 Å². The Bertz CT molecular complexity index is 1040. The maximum absolute atomic E-state index is 13.9. The average molecular weight is 402 g/mol. The Morgan fingerprint density at radius 2 is 1.93 bits per heavy atom. The molecule has 1 aromatic heterocycles. The summed E-state index contributed by atoms with van der Waals surface area (Å²) < 4.78 is 15.0. The Labute approximate surface area is 162 Å². The molecule has 0 bridgehead atoms. The first-order chi connectivity index (χ1) is 13.4. The number of thioether (sulfide) groups is 1. The average Bonchev–Trinajstić information content (AvgIpc) is 3.02. The van der Waals surface area contributed by atoms with E-state index in [4.69, 9.17) is 5.84 Å². The molecule has 3 aromatic rings. The zero-order valence-corrected chi connectivity index (χ0v) is 15.4. The second-order valence-electron chi connectivity index (χ2n) is 5.68. The van der Waals surface area contributed by atoms with E-state index in [1.807, 2.05) is 0 Å². The fourth-order valence-electron chi connectivity index (χ4n) is 2.37. The van der Waals surface area contributed by atoms with Gasteiger partial charge in [0.1, 0.15) is 11.5 Å². The molecule has 0 aliphatic heterocycles. The molecule has 28 heavy (non-hydrogen) atoms. The Balaban J connectivity index is 1.75. The second-order valence-corrected chi connectivity index (χ2v) is 6.99. The smallest absolute Gasteiger partial charge is 0.292 e. The van der Waals surface area contributed by atoms with E-state index < -0.39 is 21.9 Å². The van der Waals surface area contributed by atoms with Crippen molar-refractivity contribution in [1.29, 1.82) is 0 Å². The van der Waals surface area contributed by atoms with Crippen LogP contribution in [0.5, 0.6) is 0 Å². The number of nitro benzene ring substituents is 1. The van der Waals surface area contributed by atoms with Crippen molar-refractivity contribution >= 4 is 29.0 Å². The van der Waals surface area contributed by atoms with Crippen molar-refractivity contribution in [2.24, 2.45) is 0 Å². The van der Waals surface area contributed by atoms with Gasteiger partial charge in [-0.15, -0.1) is 10.2 Å². The van der Waals surface area contributed by atoms with Crippen LogP contribution in [0.25, 0.3) is 11.4 Å². The lowest BCUT2D eigenvalue weighted by molar-refractivity contribution is -0.383. The van der Waals surface area contributed by atoms with Gasteiger partial charge in [-0.1, -0.05) is 36.0 Å². The van der Waals surface area contributed by atoms with Crippen molar-refractivity contribution in [2.45, 2.75) is 17.3 Å². The molecule has 0 unspecified atom stereocenters. The summed E-state index contributed by atoms with van der Waals surface area (Å²) >= 11 is 0.993. The van der Waals surface area contributed by atoms with Crippen molar-refractivity contribution in [3.8, 4) is 11.4 Å². The van der Waals surface area contributed by atoms with E-state index in [9.17, 15) is 19.3 Å². The predicted octanol–water partition coefficient (Wildman–Crippen LogP) is 2.83. The van der Waals surface area contributed by atoms with Gasteiger partial charge in [0.2, 0.25) is 11.1 Å². The minimum Gasteiger partial charge on any atom is -0.335 e. The van der Waals surface area contributed by atoms with Gasteiger partial charge < -0.3 is 11.2 Å². The highest BCUT2D eigenvalue weighted by molar-refractivity contribution is 8.00. The monoisotopic (exact) mass is 402 g/mol. The van der Waals surface area contributed by atoms with Gasteiger partial charge in [-0.3, -0.25) is 14.9 Å². The summed E-state index contributed by atoms with van der Waals surface area (Å²) in [7, 11) is 0. The molecule has 2 aromatic carbocycles. The molecule has 0 aliphatic rings. The predicted molar refractivity (Wildman–Crippen MR) is 103 cm³/mol. The van der Waals surface area contributed by atoms with Crippen LogP contribution in [0.15, 0.2) is 53.7 Å². The highest BCUT2D eigenvalue weighted by Crippen LogP contribution is 2.28. The zero-order valence-electron chi connectivity index (χ0n) is 14.6. The number of hydrogen-bond donors (Lipinski definition) is 2. The molecule has 0 radical (unpaired) electrons. The SMILES string of the molecule is C[C@H](Sc1nnc(-c2ccccc2F)n1N)C(=O)Nc1ccccc1[N+](=O)[O-]. The van der Waals surface area contributed by atoms with Gasteiger partial charge in [-0.2, -0.15) is 0 Å². The quantitative estimate of drug-likeness (QED) is 0.281. The lowest BCUT2D eigenvalue weighted by Gasteiger charge is -2.11. The molecular weight excluding hydrogens is 387 g/mol. The standard InChI is InChI=1S/C17H15FN6O3S/c1-10(16(25)20-13-8-4-5-9-14(13)24(26)27)28-17-22-21-15(23(17)19)11-6-2-3-7-12(11)18/h2-10H,19H2,1H3,(H,20,25)/t10-/m0/s1. The highest BCUT2D eigenvalue weighted by atomic mass is 32.2. The number of amides is 1. The first-order valence-electron chi connectivity index (χ1n) is 8.05. The maximum Gasteiger partial charge on any atom is 0.292 e. The summed E-state index contributed by atoms with van der Waals surface area (Å²) in [4.78, 5) is 22.9. The third kappa shape index (κ3) is 3.93. The Morgan fingerprint density at radius 3 is 2.64 bits per heavy atom. The van der Waals surface area contributed by atoms with Crippen LogP contribution < -0.4 is 11.2 Å². The number of nitrogens with one attached hydrogen (secondary N) is 1. The maximum atomic E-state index is 13.9. The number of nitrogen functional groups attached to an aromatic ring is 1. The molecule has 11 heteroatoms. The Morgan fingerprint density at radius 1 is 1.25 bits per heavy atom. The van der Waals surface area contributed by atoms with Crippen molar-refractivity contribution in [1.82, 2.24) is 14.9 Å². The zero-order chi connectivity index (χ0) is 20.3. The minimum atomic E-state index is -0.695. The number of carbonyl (C=O) groups excluding carboxylic acids is 1. The topological polar surface area (TPSA) is 129 Å². The molecule has 3 rings (SSSR count). The number of benzene rings is 2. The summed E-state index contributed by atoms with van der Waals surface area (Å²) in [5.41, 5.74) is 0.0597. The molecule has 144 valence electrons. The molecule has 3 N–H and O–H groups in total. The fraction of sp³-hybridized carbons (Fsp3) is 0.118. The molecule has 0 spiro atoms. The van der Waals surface area contributed by atoms with Crippen LogP contribution >= 0.6 is 11.8 Å². The van der Waals surface area contributed by atoms with E-state index in [2.05, 4.69) is 15.5 Å². The molecule has 0 saturated carbocycles. The molecule has 1 heterocycles. The minimum absolute atomic E-state index is 0.0891. The van der Waals surface area contributed by atoms with Gasteiger partial charge >= 0.3 is 0 Å². The summed E-state index contributed by atoms with van der Waals surface area (Å²) in [6, 6.07) is 11.8. The third-order valence-electron chi connectivity index (χ3n) is 3.79. The van der Waals surface area contributed by atoms with E-state index >= 15 is 0 Å². The van der Waals surface area contributed by atoms with Gasteiger partial charge in [0.25, 0.3) is 5.69 Å². The lowest BCUT2D eigenvalue weighted by Crippen LogP contribution is -2.24. The third-order valence-corrected chi connectivity index (χ3v) is 4.85. The van der Waals surface area contributed by atoms with Crippen LogP contribution in [-0.2, 0) is 4.79 Å². The molecular formula is C17H15FN6O3S. The number of hydrogen-bond acceptors (Lipinski definition) is 7. The first-order valence-corrected chi connectivity index (χ1v) is 8.92. The largest absolute Gasteiger partial charge is 0.335 e. The Kier molecular flexibility index (Phi) is 5.54. The molecule has 9 nitrogen and oxygen atoms in total. The van der Waals surface area contributed by atoms with Crippen molar-refractivity contribution < 1.29 is 14.1 Å². The number of anilines is 1. The van der Waals surface area contributed by atoms with E-state index in [1.54, 1.807) is 25.1 Å². The number of nitro groups is 1.